The Morgan fingerprint density at radius 3 is 2.65 bits per heavy atom. The molecule has 0 N–H and O–H groups in total. The van der Waals surface area contributed by atoms with Crippen molar-refractivity contribution in [2.24, 2.45) is 5.92 Å². The highest BCUT2D eigenvalue weighted by atomic mass is 16.6. The van der Waals surface area contributed by atoms with Gasteiger partial charge in [-0.3, -0.25) is 4.79 Å². The Morgan fingerprint density at radius 1 is 1.15 bits per heavy atom. The van der Waals surface area contributed by atoms with Crippen LogP contribution < -0.4 is 9.47 Å². The largest absolute Gasteiger partial charge is 0.493 e. The number of hydrogen-bond donors (Lipinski definition) is 0. The number of ether oxygens (including phenoxy) is 3. The lowest BCUT2D eigenvalue weighted by Crippen LogP contribution is -2.32. The highest BCUT2D eigenvalue weighted by Gasteiger charge is 2.22. The SMILES string of the molecule is CCCC1CCCN(C(=O)c2ccc(OCC(=O)OC)c(OC)c2)CC1. The first-order valence-electron chi connectivity index (χ1n) is 9.26. The summed E-state index contributed by atoms with van der Waals surface area (Å²) in [5, 5.41) is 0. The van der Waals surface area contributed by atoms with Crippen molar-refractivity contribution in [3.63, 3.8) is 0 Å². The number of methoxy groups -OCH3 is 2. The average Bonchev–Trinajstić information content (AvgIpc) is 2.91. The molecule has 1 atom stereocenters. The fourth-order valence-electron chi connectivity index (χ4n) is 3.36. The summed E-state index contributed by atoms with van der Waals surface area (Å²) in [6.45, 7) is 3.60. The average molecular weight is 363 g/mol. The molecule has 0 aliphatic carbocycles. The molecule has 144 valence electrons. The third-order valence-corrected chi connectivity index (χ3v) is 4.82. The van der Waals surface area contributed by atoms with Gasteiger partial charge in [0.2, 0.25) is 0 Å². The van der Waals surface area contributed by atoms with E-state index >= 15 is 0 Å². The summed E-state index contributed by atoms with van der Waals surface area (Å²) in [6.07, 6.45) is 5.75. The second-order valence-corrected chi connectivity index (χ2v) is 6.61. The third-order valence-electron chi connectivity index (χ3n) is 4.82. The molecule has 6 nitrogen and oxygen atoms in total. The highest BCUT2D eigenvalue weighted by Crippen LogP contribution is 2.29. The molecule has 1 unspecified atom stereocenters. The number of esters is 1. The zero-order chi connectivity index (χ0) is 18.9. The van der Waals surface area contributed by atoms with Gasteiger partial charge in [-0.1, -0.05) is 19.8 Å². The maximum absolute atomic E-state index is 12.9. The van der Waals surface area contributed by atoms with Crippen molar-refractivity contribution in [3.05, 3.63) is 23.8 Å². The van der Waals surface area contributed by atoms with Gasteiger partial charge in [-0.2, -0.15) is 0 Å². The van der Waals surface area contributed by atoms with Crippen molar-refractivity contribution in [2.75, 3.05) is 33.9 Å². The van der Waals surface area contributed by atoms with E-state index in [2.05, 4.69) is 11.7 Å². The molecular weight excluding hydrogens is 334 g/mol. The van der Waals surface area contributed by atoms with Crippen LogP contribution in [0.3, 0.4) is 0 Å². The fraction of sp³-hybridized carbons (Fsp3) is 0.600. The van der Waals surface area contributed by atoms with Crippen molar-refractivity contribution in [1.29, 1.82) is 0 Å². The molecule has 0 spiro atoms. The topological polar surface area (TPSA) is 65.1 Å². The Morgan fingerprint density at radius 2 is 1.96 bits per heavy atom. The minimum Gasteiger partial charge on any atom is -0.493 e. The third kappa shape index (κ3) is 5.38. The summed E-state index contributed by atoms with van der Waals surface area (Å²) in [4.78, 5) is 26.0. The number of carbonyl (C=O) groups is 2. The van der Waals surface area contributed by atoms with Gasteiger partial charge in [0.25, 0.3) is 5.91 Å². The Bertz CT molecular complexity index is 616. The number of hydrogen-bond acceptors (Lipinski definition) is 5. The van der Waals surface area contributed by atoms with Crippen molar-refractivity contribution in [1.82, 2.24) is 4.90 Å². The van der Waals surface area contributed by atoms with Gasteiger partial charge in [-0.15, -0.1) is 0 Å². The summed E-state index contributed by atoms with van der Waals surface area (Å²) in [7, 11) is 2.81. The van der Waals surface area contributed by atoms with Gasteiger partial charge in [0, 0.05) is 18.7 Å². The smallest absolute Gasteiger partial charge is 0.343 e. The molecular formula is C20H29NO5. The molecule has 1 heterocycles. The van der Waals surface area contributed by atoms with E-state index in [1.165, 1.54) is 33.5 Å². The first-order chi connectivity index (χ1) is 12.6. The Labute approximate surface area is 155 Å². The molecule has 1 aliphatic heterocycles. The van der Waals surface area contributed by atoms with Crippen LogP contribution in [-0.2, 0) is 9.53 Å². The molecule has 1 aliphatic rings. The first kappa shape index (κ1) is 20.1. The van der Waals surface area contributed by atoms with Crippen molar-refractivity contribution in [2.45, 2.75) is 39.0 Å². The number of benzene rings is 1. The van der Waals surface area contributed by atoms with Crippen molar-refractivity contribution in [3.8, 4) is 11.5 Å². The maximum Gasteiger partial charge on any atom is 0.343 e. The molecule has 0 radical (unpaired) electrons. The lowest BCUT2D eigenvalue weighted by atomic mass is 9.96. The van der Waals surface area contributed by atoms with Gasteiger partial charge in [0.15, 0.2) is 18.1 Å². The van der Waals surface area contributed by atoms with E-state index in [-0.39, 0.29) is 12.5 Å². The normalized spacial score (nSPS) is 17.3. The quantitative estimate of drug-likeness (QED) is 0.696. The predicted octanol–water partition coefficient (Wildman–Crippen LogP) is 3.29. The van der Waals surface area contributed by atoms with Gasteiger partial charge in [-0.05, 0) is 43.4 Å². The number of nitrogens with zero attached hydrogens (tertiary/aromatic N) is 1. The first-order valence-corrected chi connectivity index (χ1v) is 9.26. The monoisotopic (exact) mass is 363 g/mol. The minimum atomic E-state index is -0.474. The molecule has 0 saturated carbocycles. The van der Waals surface area contributed by atoms with Crippen LogP contribution in [0.2, 0.25) is 0 Å². The molecule has 0 aromatic heterocycles. The van der Waals surface area contributed by atoms with E-state index in [4.69, 9.17) is 9.47 Å². The fourth-order valence-corrected chi connectivity index (χ4v) is 3.36. The van der Waals surface area contributed by atoms with Gasteiger partial charge in [0.05, 0.1) is 14.2 Å². The molecule has 1 amide bonds. The standard InChI is InChI=1S/C20H29NO5/c1-4-6-15-7-5-11-21(12-10-15)20(23)16-8-9-17(18(13-16)24-2)26-14-19(22)25-3/h8-9,13,15H,4-7,10-12,14H2,1-3H3. The van der Waals surface area contributed by atoms with Gasteiger partial charge in [-0.25, -0.2) is 4.79 Å². The van der Waals surface area contributed by atoms with Gasteiger partial charge in [0.1, 0.15) is 0 Å². The lowest BCUT2D eigenvalue weighted by Gasteiger charge is -2.21. The second kappa shape index (κ2) is 10.0. The molecule has 0 bridgehead atoms. The molecule has 1 saturated heterocycles. The summed E-state index contributed by atoms with van der Waals surface area (Å²) in [5.41, 5.74) is 0.571. The zero-order valence-electron chi connectivity index (χ0n) is 16.0. The van der Waals surface area contributed by atoms with Crippen LogP contribution in [0.1, 0.15) is 49.4 Å². The summed E-state index contributed by atoms with van der Waals surface area (Å²) in [5.74, 6) is 1.10. The van der Waals surface area contributed by atoms with Crippen LogP contribution in [0.5, 0.6) is 11.5 Å². The number of rotatable bonds is 7. The highest BCUT2D eigenvalue weighted by molar-refractivity contribution is 5.95. The minimum absolute atomic E-state index is 0.0139. The van der Waals surface area contributed by atoms with E-state index in [0.717, 1.165) is 31.8 Å². The van der Waals surface area contributed by atoms with E-state index in [0.29, 0.717) is 17.1 Å². The van der Waals surface area contributed by atoms with Crippen molar-refractivity contribution < 1.29 is 23.8 Å². The molecule has 2 rings (SSSR count). The lowest BCUT2D eigenvalue weighted by molar-refractivity contribution is -0.142. The Kier molecular flexibility index (Phi) is 7.75. The van der Waals surface area contributed by atoms with E-state index in [1.807, 2.05) is 4.90 Å². The molecule has 26 heavy (non-hydrogen) atoms. The Hall–Kier alpha value is -2.24. The van der Waals surface area contributed by atoms with Gasteiger partial charge >= 0.3 is 5.97 Å². The van der Waals surface area contributed by atoms with Crippen LogP contribution in [0, 0.1) is 5.92 Å². The number of carbonyl (C=O) groups excluding carboxylic acids is 2. The Balaban J connectivity index is 2.05. The molecule has 1 fully saturated rings. The van der Waals surface area contributed by atoms with E-state index < -0.39 is 5.97 Å². The second-order valence-electron chi connectivity index (χ2n) is 6.61. The number of likely N-dealkylation sites (tertiary alicyclic amines) is 1. The van der Waals surface area contributed by atoms with Crippen LogP contribution in [0.25, 0.3) is 0 Å². The van der Waals surface area contributed by atoms with Crippen LogP contribution in [0.4, 0.5) is 0 Å². The van der Waals surface area contributed by atoms with E-state index in [9.17, 15) is 9.59 Å². The maximum atomic E-state index is 12.9. The zero-order valence-corrected chi connectivity index (χ0v) is 16.0. The molecule has 1 aromatic rings. The predicted molar refractivity (Wildman–Crippen MR) is 98.7 cm³/mol. The van der Waals surface area contributed by atoms with Crippen molar-refractivity contribution >= 4 is 11.9 Å². The summed E-state index contributed by atoms with van der Waals surface area (Å²) >= 11 is 0. The molecule has 1 aromatic carbocycles. The van der Waals surface area contributed by atoms with Crippen LogP contribution in [0.15, 0.2) is 18.2 Å². The number of amides is 1. The summed E-state index contributed by atoms with van der Waals surface area (Å²) in [6, 6.07) is 5.04. The van der Waals surface area contributed by atoms with Crippen LogP contribution >= 0.6 is 0 Å². The van der Waals surface area contributed by atoms with Crippen LogP contribution in [-0.4, -0.2) is 50.7 Å². The van der Waals surface area contributed by atoms with E-state index in [1.54, 1.807) is 18.2 Å². The van der Waals surface area contributed by atoms with Gasteiger partial charge < -0.3 is 19.1 Å². The molecule has 6 heteroatoms. The summed E-state index contributed by atoms with van der Waals surface area (Å²) < 4.78 is 15.3.